The number of rotatable bonds is 4. The first kappa shape index (κ1) is 22.0. The second-order valence-electron chi connectivity index (χ2n) is 9.51. The van der Waals surface area contributed by atoms with Gasteiger partial charge in [0.1, 0.15) is 6.04 Å². The average Bonchev–Trinajstić information content (AvgIpc) is 3.39. The summed E-state index contributed by atoms with van der Waals surface area (Å²) in [6.07, 6.45) is 3.03. The molecule has 2 aromatic carbocycles. The van der Waals surface area contributed by atoms with E-state index in [1.54, 1.807) is 0 Å². The quantitative estimate of drug-likeness (QED) is 0.725. The lowest BCUT2D eigenvalue weighted by Gasteiger charge is -2.40. The molecule has 2 aromatic rings. The number of carbonyl (C=O) groups excluding carboxylic acids is 2. The fraction of sp³-hybridized carbons (Fsp3) is 0.481. The van der Waals surface area contributed by atoms with E-state index in [1.165, 1.54) is 16.8 Å². The van der Waals surface area contributed by atoms with Crippen LogP contribution in [0.1, 0.15) is 35.6 Å². The molecule has 2 saturated heterocycles. The molecule has 0 spiro atoms. The van der Waals surface area contributed by atoms with Gasteiger partial charge in [0.15, 0.2) is 0 Å². The Labute approximate surface area is 196 Å². The topological polar surface area (TPSA) is 47.1 Å². The smallest absolute Gasteiger partial charge is 0.244 e. The number of hydrogen-bond acceptors (Lipinski definition) is 4. The number of hydrogen-bond donors (Lipinski definition) is 0. The fourth-order valence-corrected chi connectivity index (χ4v) is 5.58. The molecule has 3 heterocycles. The van der Waals surface area contributed by atoms with Crippen molar-refractivity contribution >= 4 is 17.5 Å². The molecule has 5 rings (SSSR count). The van der Waals surface area contributed by atoms with Crippen LogP contribution in [0.3, 0.4) is 0 Å². The number of aryl methyl sites for hydroxylation is 1. The van der Waals surface area contributed by atoms with Crippen LogP contribution in [-0.4, -0.2) is 78.9 Å². The first-order valence-electron chi connectivity index (χ1n) is 12.3. The first-order chi connectivity index (χ1) is 16.1. The van der Waals surface area contributed by atoms with Gasteiger partial charge in [-0.05, 0) is 48.9 Å². The van der Waals surface area contributed by atoms with E-state index in [2.05, 4.69) is 53.1 Å². The first-order valence-corrected chi connectivity index (χ1v) is 12.3. The SMILES string of the molecule is Cc1ccccc1N1CCN(C(=O)CN2CCc3ccccc3[C@@H]2C(=O)N2CCCC2)CC1. The van der Waals surface area contributed by atoms with Gasteiger partial charge in [-0.2, -0.15) is 0 Å². The maximum atomic E-state index is 13.5. The zero-order valence-electron chi connectivity index (χ0n) is 19.6. The van der Waals surface area contributed by atoms with E-state index in [9.17, 15) is 9.59 Å². The monoisotopic (exact) mass is 446 g/mol. The summed E-state index contributed by atoms with van der Waals surface area (Å²) in [5.41, 5.74) is 4.85. The molecule has 1 atom stereocenters. The van der Waals surface area contributed by atoms with Gasteiger partial charge in [-0.3, -0.25) is 14.5 Å². The van der Waals surface area contributed by atoms with Gasteiger partial charge in [0.2, 0.25) is 11.8 Å². The van der Waals surface area contributed by atoms with Crippen LogP contribution in [0.2, 0.25) is 0 Å². The van der Waals surface area contributed by atoms with E-state index in [-0.39, 0.29) is 17.9 Å². The molecule has 6 heteroatoms. The second kappa shape index (κ2) is 9.56. The van der Waals surface area contributed by atoms with E-state index in [0.29, 0.717) is 6.54 Å². The summed E-state index contributed by atoms with van der Waals surface area (Å²) in [6.45, 7) is 7.99. The molecule has 0 aromatic heterocycles. The van der Waals surface area contributed by atoms with Crippen LogP contribution in [0.15, 0.2) is 48.5 Å². The summed E-state index contributed by atoms with van der Waals surface area (Å²) in [5, 5.41) is 0. The van der Waals surface area contributed by atoms with Crippen molar-refractivity contribution in [3.8, 4) is 0 Å². The highest BCUT2D eigenvalue weighted by Gasteiger charge is 2.37. The molecule has 174 valence electrons. The van der Waals surface area contributed by atoms with Gasteiger partial charge in [0.05, 0.1) is 6.54 Å². The lowest BCUT2D eigenvalue weighted by molar-refractivity contribution is -0.140. The summed E-state index contributed by atoms with van der Waals surface area (Å²) in [5.74, 6) is 0.301. The van der Waals surface area contributed by atoms with Crippen LogP contribution in [0, 0.1) is 6.92 Å². The summed E-state index contributed by atoms with van der Waals surface area (Å²) >= 11 is 0. The van der Waals surface area contributed by atoms with Crippen molar-refractivity contribution in [3.63, 3.8) is 0 Å². The van der Waals surface area contributed by atoms with Gasteiger partial charge < -0.3 is 14.7 Å². The molecule has 2 fully saturated rings. The van der Waals surface area contributed by atoms with Crippen molar-refractivity contribution in [2.24, 2.45) is 0 Å². The molecule has 0 saturated carbocycles. The third kappa shape index (κ3) is 4.49. The predicted molar refractivity (Wildman–Crippen MR) is 130 cm³/mol. The Balaban J connectivity index is 1.27. The van der Waals surface area contributed by atoms with Gasteiger partial charge in [0, 0.05) is 51.5 Å². The summed E-state index contributed by atoms with van der Waals surface area (Å²) in [7, 11) is 0. The largest absolute Gasteiger partial charge is 0.368 e. The van der Waals surface area contributed by atoms with E-state index in [4.69, 9.17) is 0 Å². The number of anilines is 1. The average molecular weight is 447 g/mol. The molecule has 2 amide bonds. The van der Waals surface area contributed by atoms with Crippen molar-refractivity contribution in [2.45, 2.75) is 32.2 Å². The summed E-state index contributed by atoms with van der Waals surface area (Å²) in [4.78, 5) is 35.3. The zero-order chi connectivity index (χ0) is 22.8. The minimum atomic E-state index is -0.342. The van der Waals surface area contributed by atoms with Crippen LogP contribution in [0.25, 0.3) is 0 Å². The molecular weight excluding hydrogens is 412 g/mol. The molecule has 0 unspecified atom stereocenters. The van der Waals surface area contributed by atoms with Crippen molar-refractivity contribution < 1.29 is 9.59 Å². The third-order valence-corrected chi connectivity index (χ3v) is 7.46. The Hall–Kier alpha value is -2.86. The van der Waals surface area contributed by atoms with Crippen LogP contribution in [0.5, 0.6) is 0 Å². The molecule has 0 aliphatic carbocycles. The van der Waals surface area contributed by atoms with Crippen molar-refractivity contribution in [2.75, 3.05) is 57.3 Å². The summed E-state index contributed by atoms with van der Waals surface area (Å²) < 4.78 is 0. The minimum absolute atomic E-state index is 0.137. The molecule has 0 bridgehead atoms. The molecule has 6 nitrogen and oxygen atoms in total. The lowest BCUT2D eigenvalue weighted by atomic mass is 9.91. The third-order valence-electron chi connectivity index (χ3n) is 7.46. The predicted octanol–water partition coefficient (Wildman–Crippen LogP) is 2.87. The number of nitrogens with zero attached hydrogens (tertiary/aromatic N) is 4. The maximum absolute atomic E-state index is 13.5. The molecule has 33 heavy (non-hydrogen) atoms. The van der Waals surface area contributed by atoms with Gasteiger partial charge in [-0.1, -0.05) is 42.5 Å². The van der Waals surface area contributed by atoms with Crippen molar-refractivity contribution in [1.29, 1.82) is 0 Å². The Morgan fingerprint density at radius 1 is 0.818 bits per heavy atom. The molecule has 0 N–H and O–H groups in total. The van der Waals surface area contributed by atoms with Gasteiger partial charge in [0.25, 0.3) is 0 Å². The number of fused-ring (bicyclic) bond motifs is 1. The van der Waals surface area contributed by atoms with Gasteiger partial charge >= 0.3 is 0 Å². The zero-order valence-corrected chi connectivity index (χ0v) is 19.6. The molecular formula is C27H34N4O2. The number of para-hydroxylation sites is 1. The normalized spacial score (nSPS) is 21.2. The number of carbonyl (C=O) groups is 2. The van der Waals surface area contributed by atoms with E-state index in [1.807, 2.05) is 21.9 Å². The van der Waals surface area contributed by atoms with Gasteiger partial charge in [-0.15, -0.1) is 0 Å². The minimum Gasteiger partial charge on any atom is -0.368 e. The van der Waals surface area contributed by atoms with Crippen LogP contribution in [0.4, 0.5) is 5.69 Å². The molecule has 3 aliphatic rings. The van der Waals surface area contributed by atoms with Crippen molar-refractivity contribution in [3.05, 3.63) is 65.2 Å². The number of piperazine rings is 1. The van der Waals surface area contributed by atoms with E-state index < -0.39 is 0 Å². The highest BCUT2D eigenvalue weighted by molar-refractivity contribution is 5.86. The Morgan fingerprint density at radius 3 is 2.27 bits per heavy atom. The van der Waals surface area contributed by atoms with Crippen LogP contribution < -0.4 is 4.90 Å². The van der Waals surface area contributed by atoms with Crippen LogP contribution >= 0.6 is 0 Å². The van der Waals surface area contributed by atoms with Crippen LogP contribution in [-0.2, 0) is 16.0 Å². The van der Waals surface area contributed by atoms with Gasteiger partial charge in [-0.25, -0.2) is 0 Å². The highest BCUT2D eigenvalue weighted by Crippen LogP contribution is 2.32. The number of benzene rings is 2. The Bertz CT molecular complexity index is 1010. The second-order valence-corrected chi connectivity index (χ2v) is 9.51. The van der Waals surface area contributed by atoms with E-state index >= 15 is 0 Å². The van der Waals surface area contributed by atoms with E-state index in [0.717, 1.165) is 70.6 Å². The lowest BCUT2D eigenvalue weighted by Crippen LogP contribution is -2.53. The maximum Gasteiger partial charge on any atom is 0.244 e. The fourth-order valence-electron chi connectivity index (χ4n) is 5.58. The Morgan fingerprint density at radius 2 is 1.52 bits per heavy atom. The number of likely N-dealkylation sites (tertiary alicyclic amines) is 1. The highest BCUT2D eigenvalue weighted by atomic mass is 16.2. The molecule has 0 radical (unpaired) electrons. The van der Waals surface area contributed by atoms with Crippen molar-refractivity contribution in [1.82, 2.24) is 14.7 Å². The summed E-state index contributed by atoms with van der Waals surface area (Å²) in [6, 6.07) is 16.4. The molecule has 3 aliphatic heterocycles. The Kier molecular flexibility index (Phi) is 6.36. The number of amides is 2. The standard InChI is InChI=1S/C27H34N4O2/c1-21-8-2-5-11-24(21)28-16-18-29(19-17-28)25(32)20-31-15-12-22-9-3-4-10-23(22)26(31)27(33)30-13-6-7-14-30/h2-5,8-11,26H,6-7,12-20H2,1H3/t26-/m1/s1.